The van der Waals surface area contributed by atoms with E-state index >= 15 is 0 Å². The van der Waals surface area contributed by atoms with E-state index < -0.39 is 0 Å². The van der Waals surface area contributed by atoms with Crippen LogP contribution in [0.4, 0.5) is 0 Å². The van der Waals surface area contributed by atoms with E-state index in [1.165, 1.54) is 6.42 Å². The SMILES string of the molecule is CCCC(N)C(=O)C1CCC(C)C(C)C1. The second-order valence-electron chi connectivity index (χ2n) is 5.26. The van der Waals surface area contributed by atoms with Gasteiger partial charge in [0.1, 0.15) is 0 Å². The van der Waals surface area contributed by atoms with Crippen molar-refractivity contribution in [3.8, 4) is 0 Å². The number of Topliss-reactive ketones (excluding diaryl/α,β-unsaturated/α-hetero) is 1. The van der Waals surface area contributed by atoms with Gasteiger partial charge in [0.05, 0.1) is 6.04 Å². The lowest BCUT2D eigenvalue weighted by atomic mass is 9.73. The second kappa shape index (κ2) is 5.64. The van der Waals surface area contributed by atoms with Crippen LogP contribution in [0.5, 0.6) is 0 Å². The van der Waals surface area contributed by atoms with Gasteiger partial charge in [0.15, 0.2) is 5.78 Å². The molecule has 1 aliphatic rings. The summed E-state index contributed by atoms with van der Waals surface area (Å²) in [6.07, 6.45) is 5.15. The highest BCUT2D eigenvalue weighted by Gasteiger charge is 2.31. The van der Waals surface area contributed by atoms with E-state index in [1.807, 2.05) is 0 Å². The number of rotatable bonds is 4. The number of nitrogens with two attached hydrogens (primary N) is 1. The van der Waals surface area contributed by atoms with Crippen LogP contribution in [0.3, 0.4) is 0 Å². The van der Waals surface area contributed by atoms with Crippen molar-refractivity contribution in [1.29, 1.82) is 0 Å². The van der Waals surface area contributed by atoms with Gasteiger partial charge in [-0.15, -0.1) is 0 Å². The first-order valence-corrected chi connectivity index (χ1v) is 6.35. The lowest BCUT2D eigenvalue weighted by Crippen LogP contribution is -2.38. The minimum Gasteiger partial charge on any atom is -0.321 e. The Kier molecular flexibility index (Phi) is 4.78. The quantitative estimate of drug-likeness (QED) is 0.777. The van der Waals surface area contributed by atoms with Crippen LogP contribution in [0.2, 0.25) is 0 Å². The molecule has 2 heteroatoms. The predicted octanol–water partition coefficient (Wildman–Crippen LogP) is 2.76. The number of ketones is 1. The van der Waals surface area contributed by atoms with Gasteiger partial charge in [0.25, 0.3) is 0 Å². The molecule has 1 fully saturated rings. The second-order valence-corrected chi connectivity index (χ2v) is 5.26. The van der Waals surface area contributed by atoms with Crippen molar-refractivity contribution in [2.24, 2.45) is 23.5 Å². The lowest BCUT2D eigenvalue weighted by Gasteiger charge is -2.32. The largest absolute Gasteiger partial charge is 0.321 e. The van der Waals surface area contributed by atoms with E-state index in [9.17, 15) is 4.79 Å². The van der Waals surface area contributed by atoms with Gasteiger partial charge in [-0.1, -0.05) is 27.2 Å². The van der Waals surface area contributed by atoms with Crippen LogP contribution in [0.15, 0.2) is 0 Å². The fourth-order valence-corrected chi connectivity index (χ4v) is 2.56. The summed E-state index contributed by atoms with van der Waals surface area (Å²) in [4.78, 5) is 12.0. The van der Waals surface area contributed by atoms with E-state index in [0.29, 0.717) is 11.7 Å². The molecule has 0 spiro atoms. The predicted molar refractivity (Wildman–Crippen MR) is 63.6 cm³/mol. The minimum absolute atomic E-state index is 0.208. The summed E-state index contributed by atoms with van der Waals surface area (Å²) in [7, 11) is 0. The third kappa shape index (κ3) is 3.30. The minimum atomic E-state index is -0.208. The number of carbonyl (C=O) groups excluding carboxylic acids is 1. The molecule has 0 aromatic rings. The molecule has 0 radical (unpaired) electrons. The smallest absolute Gasteiger partial charge is 0.152 e. The van der Waals surface area contributed by atoms with Crippen molar-refractivity contribution in [2.45, 2.75) is 58.9 Å². The number of hydrogen-bond acceptors (Lipinski definition) is 2. The molecule has 0 aliphatic heterocycles. The van der Waals surface area contributed by atoms with Gasteiger partial charge in [-0.2, -0.15) is 0 Å². The molecule has 0 aromatic heterocycles. The Balaban J connectivity index is 2.47. The van der Waals surface area contributed by atoms with Crippen molar-refractivity contribution in [2.75, 3.05) is 0 Å². The maximum Gasteiger partial charge on any atom is 0.152 e. The normalized spacial score (nSPS) is 33.7. The fraction of sp³-hybridized carbons (Fsp3) is 0.923. The lowest BCUT2D eigenvalue weighted by molar-refractivity contribution is -0.126. The Morgan fingerprint density at radius 3 is 2.53 bits per heavy atom. The summed E-state index contributed by atoms with van der Waals surface area (Å²) in [5.41, 5.74) is 5.89. The van der Waals surface area contributed by atoms with Crippen LogP contribution in [0.1, 0.15) is 52.9 Å². The molecule has 15 heavy (non-hydrogen) atoms. The van der Waals surface area contributed by atoms with Crippen LogP contribution in [-0.2, 0) is 4.79 Å². The standard InChI is InChI=1S/C13H25NO/c1-4-5-12(14)13(15)11-7-6-9(2)10(3)8-11/h9-12H,4-8,14H2,1-3H3. The van der Waals surface area contributed by atoms with E-state index in [4.69, 9.17) is 5.73 Å². The van der Waals surface area contributed by atoms with Gasteiger partial charge >= 0.3 is 0 Å². The Labute approximate surface area is 93.6 Å². The van der Waals surface area contributed by atoms with Gasteiger partial charge in [0, 0.05) is 5.92 Å². The van der Waals surface area contributed by atoms with Crippen molar-refractivity contribution in [1.82, 2.24) is 0 Å². The summed E-state index contributed by atoms with van der Waals surface area (Å²) < 4.78 is 0. The first kappa shape index (κ1) is 12.7. The monoisotopic (exact) mass is 211 g/mol. The van der Waals surface area contributed by atoms with Gasteiger partial charge in [-0.25, -0.2) is 0 Å². The van der Waals surface area contributed by atoms with E-state index in [2.05, 4.69) is 20.8 Å². The van der Waals surface area contributed by atoms with Crippen LogP contribution >= 0.6 is 0 Å². The van der Waals surface area contributed by atoms with E-state index in [0.717, 1.165) is 31.6 Å². The van der Waals surface area contributed by atoms with Crippen LogP contribution in [0.25, 0.3) is 0 Å². The molecule has 0 amide bonds. The molecule has 1 saturated carbocycles. The average molecular weight is 211 g/mol. The highest BCUT2D eigenvalue weighted by atomic mass is 16.1. The molecule has 1 aliphatic carbocycles. The fourth-order valence-electron chi connectivity index (χ4n) is 2.56. The Hall–Kier alpha value is -0.370. The highest BCUT2D eigenvalue weighted by Crippen LogP contribution is 2.34. The van der Waals surface area contributed by atoms with Gasteiger partial charge in [-0.05, 0) is 37.5 Å². The molecule has 1 rings (SSSR count). The molecular formula is C13H25NO. The van der Waals surface area contributed by atoms with Crippen molar-refractivity contribution in [3.05, 3.63) is 0 Å². The maximum atomic E-state index is 12.0. The molecule has 0 heterocycles. The third-order valence-electron chi connectivity index (χ3n) is 3.97. The Bertz CT molecular complexity index is 215. The zero-order valence-electron chi connectivity index (χ0n) is 10.3. The zero-order valence-corrected chi connectivity index (χ0v) is 10.3. The molecule has 4 unspecified atom stereocenters. The summed E-state index contributed by atoms with van der Waals surface area (Å²) >= 11 is 0. The Morgan fingerprint density at radius 1 is 1.33 bits per heavy atom. The molecule has 88 valence electrons. The van der Waals surface area contributed by atoms with Crippen LogP contribution in [0, 0.1) is 17.8 Å². The maximum absolute atomic E-state index is 12.0. The summed E-state index contributed by atoms with van der Waals surface area (Å²) in [5, 5.41) is 0. The topological polar surface area (TPSA) is 43.1 Å². The zero-order chi connectivity index (χ0) is 11.4. The summed E-state index contributed by atoms with van der Waals surface area (Å²) in [6.45, 7) is 6.63. The van der Waals surface area contributed by atoms with Crippen LogP contribution in [-0.4, -0.2) is 11.8 Å². The Morgan fingerprint density at radius 2 is 2.00 bits per heavy atom. The third-order valence-corrected chi connectivity index (χ3v) is 3.97. The first-order chi connectivity index (χ1) is 7.06. The van der Waals surface area contributed by atoms with Gasteiger partial charge in [0.2, 0.25) is 0 Å². The summed E-state index contributed by atoms with van der Waals surface area (Å²) in [5.74, 6) is 2.02. The molecule has 4 atom stereocenters. The molecule has 2 nitrogen and oxygen atoms in total. The van der Waals surface area contributed by atoms with E-state index in [-0.39, 0.29) is 12.0 Å². The van der Waals surface area contributed by atoms with Crippen molar-refractivity contribution < 1.29 is 4.79 Å². The molecule has 2 N–H and O–H groups in total. The number of hydrogen-bond donors (Lipinski definition) is 1. The number of carbonyl (C=O) groups is 1. The average Bonchev–Trinajstić information content (AvgIpc) is 2.21. The van der Waals surface area contributed by atoms with E-state index in [1.54, 1.807) is 0 Å². The summed E-state index contributed by atoms with van der Waals surface area (Å²) in [6, 6.07) is -0.208. The van der Waals surface area contributed by atoms with Crippen molar-refractivity contribution in [3.63, 3.8) is 0 Å². The molecule has 0 saturated heterocycles. The first-order valence-electron chi connectivity index (χ1n) is 6.35. The highest BCUT2D eigenvalue weighted by molar-refractivity contribution is 5.86. The molecule has 0 aromatic carbocycles. The van der Waals surface area contributed by atoms with Crippen LogP contribution < -0.4 is 5.73 Å². The van der Waals surface area contributed by atoms with Gasteiger partial charge in [-0.3, -0.25) is 4.79 Å². The van der Waals surface area contributed by atoms with Gasteiger partial charge < -0.3 is 5.73 Å². The molecular weight excluding hydrogens is 186 g/mol. The van der Waals surface area contributed by atoms with Crippen molar-refractivity contribution >= 4 is 5.78 Å². The molecule has 0 bridgehead atoms.